The van der Waals surface area contributed by atoms with Crippen molar-refractivity contribution in [3.05, 3.63) is 45.4 Å². The highest BCUT2D eigenvalue weighted by Crippen LogP contribution is 2.38. The fourth-order valence-electron chi connectivity index (χ4n) is 4.22. The zero-order valence-corrected chi connectivity index (χ0v) is 15.3. The second kappa shape index (κ2) is 6.60. The number of amides is 1. The average molecular weight is 368 g/mol. The van der Waals surface area contributed by atoms with Crippen LogP contribution in [0.4, 0.5) is 0 Å². The summed E-state index contributed by atoms with van der Waals surface area (Å²) >= 11 is 0. The maximum absolute atomic E-state index is 12.8. The van der Waals surface area contributed by atoms with Gasteiger partial charge in [0, 0.05) is 37.8 Å². The van der Waals surface area contributed by atoms with Crippen LogP contribution in [0.5, 0.6) is 0 Å². The van der Waals surface area contributed by atoms with Gasteiger partial charge < -0.3 is 19.8 Å². The number of pyridine rings is 1. The molecule has 0 radical (unpaired) electrons. The lowest BCUT2D eigenvalue weighted by atomic mass is 9.95. The van der Waals surface area contributed by atoms with Crippen LogP contribution in [0.2, 0.25) is 0 Å². The number of nitrogens with one attached hydrogen (secondary N) is 2. The zero-order chi connectivity index (χ0) is 18.4. The molecule has 27 heavy (non-hydrogen) atoms. The highest BCUT2D eigenvalue weighted by molar-refractivity contribution is 5.93. The molecule has 2 aliphatic heterocycles. The minimum atomic E-state index is -0.259. The molecule has 0 unspecified atom stereocenters. The first-order chi connectivity index (χ1) is 13.2. The molecule has 4 heterocycles. The Morgan fingerprint density at radius 2 is 1.85 bits per heavy atom. The molecule has 0 atom stereocenters. The number of carbonyl (C=O) groups is 1. The van der Waals surface area contributed by atoms with Crippen LogP contribution >= 0.6 is 0 Å². The fraction of sp³-hybridized carbons (Fsp3) is 0.579. The molecule has 1 amide bonds. The number of aromatic amines is 1. The van der Waals surface area contributed by atoms with Gasteiger partial charge in [0.25, 0.3) is 11.5 Å². The molecule has 1 aliphatic carbocycles. The van der Waals surface area contributed by atoms with Gasteiger partial charge in [-0.2, -0.15) is 0 Å². The molecule has 2 fully saturated rings. The molecule has 2 N–H and O–H groups in total. The predicted octanol–water partition coefficient (Wildman–Crippen LogP) is 0.967. The van der Waals surface area contributed by atoms with Gasteiger partial charge in [0.15, 0.2) is 0 Å². The second-order valence-electron chi connectivity index (χ2n) is 7.80. The fourth-order valence-corrected chi connectivity index (χ4v) is 4.22. The third-order valence-corrected chi connectivity index (χ3v) is 5.98. The summed E-state index contributed by atoms with van der Waals surface area (Å²) in [5.74, 6) is 2.68. The van der Waals surface area contributed by atoms with Crippen LogP contribution in [0.3, 0.4) is 0 Å². The molecule has 0 bridgehead atoms. The van der Waals surface area contributed by atoms with E-state index in [9.17, 15) is 9.59 Å². The Morgan fingerprint density at radius 1 is 1.04 bits per heavy atom. The maximum Gasteiger partial charge on any atom is 0.261 e. The Balaban J connectivity index is 1.27. The SMILES string of the molecule is O=C(c1ccc(C2CC2)[nH]c1=O)N1CCC(c2nnc3n2CCNC3)CC1. The maximum atomic E-state index is 12.8. The van der Waals surface area contributed by atoms with E-state index in [0.717, 1.165) is 62.7 Å². The first kappa shape index (κ1) is 16.7. The quantitative estimate of drug-likeness (QED) is 0.842. The molecular weight excluding hydrogens is 344 g/mol. The van der Waals surface area contributed by atoms with Crippen LogP contribution in [-0.4, -0.2) is 50.2 Å². The van der Waals surface area contributed by atoms with Crippen molar-refractivity contribution in [2.45, 2.75) is 50.6 Å². The predicted molar refractivity (Wildman–Crippen MR) is 98.6 cm³/mol. The molecule has 142 valence electrons. The van der Waals surface area contributed by atoms with Crippen molar-refractivity contribution in [2.75, 3.05) is 19.6 Å². The van der Waals surface area contributed by atoms with Crippen molar-refractivity contribution < 1.29 is 4.79 Å². The largest absolute Gasteiger partial charge is 0.338 e. The van der Waals surface area contributed by atoms with E-state index in [1.807, 2.05) is 6.07 Å². The van der Waals surface area contributed by atoms with Crippen LogP contribution in [0, 0.1) is 0 Å². The lowest BCUT2D eigenvalue weighted by molar-refractivity contribution is 0.0708. The lowest BCUT2D eigenvalue weighted by Gasteiger charge is -2.32. The standard InChI is InChI=1S/C19H24N6O2/c26-18-14(3-4-15(21-18)12-1-2-12)19(27)24-8-5-13(6-9-24)17-23-22-16-11-20-7-10-25(16)17/h3-4,12-13,20H,1-2,5-11H2,(H,21,26). The summed E-state index contributed by atoms with van der Waals surface area (Å²) in [6, 6.07) is 3.60. The van der Waals surface area contributed by atoms with E-state index in [4.69, 9.17) is 0 Å². The molecule has 1 saturated carbocycles. The number of aromatic nitrogens is 4. The van der Waals surface area contributed by atoms with E-state index in [0.29, 0.717) is 24.9 Å². The first-order valence-corrected chi connectivity index (χ1v) is 9.86. The molecular formula is C19H24N6O2. The Bertz CT molecular complexity index is 921. The van der Waals surface area contributed by atoms with Gasteiger partial charge in [0.05, 0.1) is 6.54 Å². The van der Waals surface area contributed by atoms with E-state index in [1.54, 1.807) is 11.0 Å². The number of H-pyrrole nitrogens is 1. The number of carbonyl (C=O) groups excluding carboxylic acids is 1. The summed E-state index contributed by atoms with van der Waals surface area (Å²) in [4.78, 5) is 29.8. The van der Waals surface area contributed by atoms with E-state index < -0.39 is 0 Å². The van der Waals surface area contributed by atoms with E-state index in [2.05, 4.69) is 25.1 Å². The molecule has 0 aromatic carbocycles. The zero-order valence-electron chi connectivity index (χ0n) is 15.3. The van der Waals surface area contributed by atoms with E-state index in [-0.39, 0.29) is 17.0 Å². The van der Waals surface area contributed by atoms with Crippen molar-refractivity contribution in [1.29, 1.82) is 0 Å². The highest BCUT2D eigenvalue weighted by atomic mass is 16.2. The normalized spacial score (nSPS) is 20.5. The van der Waals surface area contributed by atoms with Crippen molar-refractivity contribution in [3.63, 3.8) is 0 Å². The van der Waals surface area contributed by atoms with Crippen molar-refractivity contribution in [2.24, 2.45) is 0 Å². The van der Waals surface area contributed by atoms with Gasteiger partial charge >= 0.3 is 0 Å². The minimum absolute atomic E-state index is 0.162. The number of hydrogen-bond donors (Lipinski definition) is 2. The molecule has 8 heteroatoms. The number of fused-ring (bicyclic) bond motifs is 1. The van der Waals surface area contributed by atoms with Gasteiger partial charge in [0.2, 0.25) is 0 Å². The summed E-state index contributed by atoms with van der Waals surface area (Å²) < 4.78 is 2.22. The molecule has 0 spiro atoms. The summed E-state index contributed by atoms with van der Waals surface area (Å²) in [5.41, 5.74) is 0.954. The van der Waals surface area contributed by atoms with Gasteiger partial charge in [-0.25, -0.2) is 0 Å². The van der Waals surface area contributed by atoms with Crippen LogP contribution < -0.4 is 10.9 Å². The minimum Gasteiger partial charge on any atom is -0.338 e. The smallest absolute Gasteiger partial charge is 0.261 e. The van der Waals surface area contributed by atoms with Gasteiger partial charge in [-0.05, 0) is 43.7 Å². The van der Waals surface area contributed by atoms with Crippen molar-refractivity contribution >= 4 is 5.91 Å². The van der Waals surface area contributed by atoms with Crippen LogP contribution in [-0.2, 0) is 13.1 Å². The van der Waals surface area contributed by atoms with Gasteiger partial charge in [0.1, 0.15) is 17.2 Å². The summed E-state index contributed by atoms with van der Waals surface area (Å²) in [5, 5.41) is 12.0. The molecule has 1 saturated heterocycles. The van der Waals surface area contributed by atoms with Gasteiger partial charge in [-0.3, -0.25) is 9.59 Å². The topological polar surface area (TPSA) is 95.9 Å². The monoisotopic (exact) mass is 368 g/mol. The lowest BCUT2D eigenvalue weighted by Crippen LogP contribution is -2.40. The van der Waals surface area contributed by atoms with Gasteiger partial charge in [-0.1, -0.05) is 0 Å². The molecule has 8 nitrogen and oxygen atoms in total. The molecule has 3 aliphatic rings. The Morgan fingerprint density at radius 3 is 2.59 bits per heavy atom. The number of likely N-dealkylation sites (tertiary alicyclic amines) is 1. The first-order valence-electron chi connectivity index (χ1n) is 9.86. The third-order valence-electron chi connectivity index (χ3n) is 5.98. The average Bonchev–Trinajstić information content (AvgIpc) is 3.47. The number of nitrogens with zero attached hydrogens (tertiary/aromatic N) is 4. The molecule has 2 aromatic rings. The summed E-state index contributed by atoms with van der Waals surface area (Å²) in [7, 11) is 0. The molecule has 5 rings (SSSR count). The highest BCUT2D eigenvalue weighted by Gasteiger charge is 2.30. The molecule has 2 aromatic heterocycles. The Hall–Kier alpha value is -2.48. The van der Waals surface area contributed by atoms with Gasteiger partial charge in [-0.15, -0.1) is 10.2 Å². The second-order valence-corrected chi connectivity index (χ2v) is 7.80. The Kier molecular flexibility index (Phi) is 4.07. The number of rotatable bonds is 3. The van der Waals surface area contributed by atoms with Crippen molar-refractivity contribution in [1.82, 2.24) is 30.0 Å². The van der Waals surface area contributed by atoms with Crippen LogP contribution in [0.1, 0.15) is 65.2 Å². The van der Waals surface area contributed by atoms with E-state index >= 15 is 0 Å². The number of hydrogen-bond acceptors (Lipinski definition) is 5. The van der Waals surface area contributed by atoms with E-state index in [1.165, 1.54) is 0 Å². The summed E-state index contributed by atoms with van der Waals surface area (Å²) in [6.07, 6.45) is 3.96. The van der Waals surface area contributed by atoms with Crippen molar-refractivity contribution in [3.8, 4) is 0 Å². The summed E-state index contributed by atoms with van der Waals surface area (Å²) in [6.45, 7) is 3.90. The Labute approximate surface area is 157 Å². The van der Waals surface area contributed by atoms with Crippen LogP contribution in [0.15, 0.2) is 16.9 Å². The third kappa shape index (κ3) is 3.07. The number of piperidine rings is 1. The van der Waals surface area contributed by atoms with Crippen LogP contribution in [0.25, 0.3) is 0 Å².